The quantitative estimate of drug-likeness (QED) is 0.0513. The fourth-order valence-corrected chi connectivity index (χ4v) is 11.8. The number of nitrogens with one attached hydrogen (secondary N) is 1. The zero-order valence-electron chi connectivity index (χ0n) is 43.5. The first-order valence-electron chi connectivity index (χ1n) is 26.4. The van der Waals surface area contributed by atoms with Crippen LogP contribution in [-0.2, 0) is 0 Å². The Balaban J connectivity index is 0.000000149. The van der Waals surface area contributed by atoms with E-state index in [0.29, 0.717) is 9.26 Å². The summed E-state index contributed by atoms with van der Waals surface area (Å²) in [5.41, 5.74) is 18.0. The van der Waals surface area contributed by atoms with Crippen molar-refractivity contribution in [3.8, 4) is 44.5 Å². The van der Waals surface area contributed by atoms with Crippen molar-refractivity contribution in [2.75, 3.05) is 11.1 Å². The molecule has 0 saturated carbocycles. The molecule has 14 aromatic rings. The molecule has 0 bridgehead atoms. The van der Waals surface area contributed by atoms with Gasteiger partial charge < -0.3 is 11.1 Å². The predicted molar refractivity (Wildman–Crippen MR) is 353 cm³/mol. The lowest BCUT2D eigenvalue weighted by molar-refractivity contribution is -0.385. The van der Waals surface area contributed by atoms with Crippen molar-refractivity contribution in [3.63, 3.8) is 0 Å². The number of halogens is 1. The number of rotatable bonds is 8. The zero-order chi connectivity index (χ0) is 55.4. The van der Waals surface area contributed by atoms with Crippen LogP contribution in [0.1, 0.15) is 7.43 Å². The maximum Gasteiger partial charge on any atom is 0.292 e. The van der Waals surface area contributed by atoms with Crippen LogP contribution in [0, 0.1) is 23.8 Å². The predicted octanol–water partition coefficient (Wildman–Crippen LogP) is 21.0. The van der Waals surface area contributed by atoms with Gasteiger partial charge in [-0.3, -0.25) is 20.2 Å². The van der Waals surface area contributed by atoms with Gasteiger partial charge in [0.05, 0.1) is 13.4 Å². The summed E-state index contributed by atoms with van der Waals surface area (Å²) in [5.74, 6) is 0. The first-order chi connectivity index (χ1) is 39.7. The van der Waals surface area contributed by atoms with Gasteiger partial charge >= 0.3 is 0 Å². The summed E-state index contributed by atoms with van der Waals surface area (Å²) in [6, 6.07) is 94.7. The number of hydrogen-bond donors (Lipinski definition) is 2. The van der Waals surface area contributed by atoms with Crippen LogP contribution >= 0.6 is 22.6 Å². The summed E-state index contributed by atoms with van der Waals surface area (Å²) in [6.45, 7) is 0. The molecule has 0 aromatic heterocycles. The number of anilines is 3. The number of nitro groups is 2. The molecule has 0 aliphatic rings. The molecular weight excluding hydrogens is 1120 g/mol. The number of nitrogen functional groups attached to an aromatic ring is 1. The van der Waals surface area contributed by atoms with Gasteiger partial charge in [-0.15, -0.1) is 0 Å². The normalized spacial score (nSPS) is 10.9. The third-order valence-corrected chi connectivity index (χ3v) is 15.7. The van der Waals surface area contributed by atoms with Gasteiger partial charge in [-0.1, -0.05) is 238 Å². The molecule has 396 valence electrons. The Hall–Kier alpha value is -10.2. The van der Waals surface area contributed by atoms with E-state index in [0.717, 1.165) is 16.9 Å². The smallest absolute Gasteiger partial charge is 0.292 e. The third-order valence-electron chi connectivity index (χ3n) is 14.8. The summed E-state index contributed by atoms with van der Waals surface area (Å²) in [4.78, 5) is 20.9. The molecule has 0 aliphatic carbocycles. The largest absolute Gasteiger partial charge is 0.399 e. The Morgan fingerprint density at radius 3 is 1.04 bits per heavy atom. The average Bonchev–Trinajstić information content (AvgIpc) is 1.48. The minimum absolute atomic E-state index is 0. The molecule has 14 aromatic carbocycles. The molecule has 0 aliphatic heterocycles. The van der Waals surface area contributed by atoms with E-state index in [4.69, 9.17) is 5.73 Å². The fraction of sp³-hybridized carbons (Fsp3) is 0.0137. The van der Waals surface area contributed by atoms with Crippen molar-refractivity contribution < 1.29 is 9.85 Å². The summed E-state index contributed by atoms with van der Waals surface area (Å²) < 4.78 is 0.671. The lowest BCUT2D eigenvalue weighted by Crippen LogP contribution is -1.96. The van der Waals surface area contributed by atoms with E-state index in [1.807, 2.05) is 46.9 Å². The summed E-state index contributed by atoms with van der Waals surface area (Å²) in [6.07, 6.45) is 0. The van der Waals surface area contributed by atoms with Gasteiger partial charge in [-0.2, -0.15) is 0 Å². The van der Waals surface area contributed by atoms with Crippen molar-refractivity contribution >= 4 is 116 Å². The van der Waals surface area contributed by atoms with Gasteiger partial charge in [0.2, 0.25) is 0 Å². The Kier molecular flexibility index (Phi) is 15.5. The fourth-order valence-electron chi connectivity index (χ4n) is 11.2. The number of hydrogen-bond acceptors (Lipinski definition) is 6. The Bertz CT molecular complexity index is 4590. The number of nitrogens with two attached hydrogens (primary N) is 1. The molecule has 0 saturated heterocycles. The molecule has 3 N–H and O–H groups in total. The molecule has 14 rings (SSSR count). The van der Waals surface area contributed by atoms with Crippen molar-refractivity contribution in [1.29, 1.82) is 0 Å². The highest BCUT2D eigenvalue weighted by molar-refractivity contribution is 14.1. The van der Waals surface area contributed by atoms with Crippen molar-refractivity contribution in [2.24, 2.45) is 0 Å². The zero-order valence-corrected chi connectivity index (χ0v) is 45.7. The first-order valence-corrected chi connectivity index (χ1v) is 27.5. The van der Waals surface area contributed by atoms with E-state index in [9.17, 15) is 20.2 Å². The Labute approximate surface area is 488 Å². The second-order valence-electron chi connectivity index (χ2n) is 19.5. The summed E-state index contributed by atoms with van der Waals surface area (Å²) in [5, 5.41) is 39.7. The number of fused-ring (bicyclic) bond motifs is 6. The molecule has 0 heterocycles. The van der Waals surface area contributed by atoms with Gasteiger partial charge in [0.1, 0.15) is 5.69 Å². The maximum atomic E-state index is 11.5. The Morgan fingerprint density at radius 2 is 0.646 bits per heavy atom. The van der Waals surface area contributed by atoms with Gasteiger partial charge in [0.25, 0.3) is 11.4 Å². The molecule has 0 fully saturated rings. The van der Waals surface area contributed by atoms with E-state index < -0.39 is 0 Å². The number of benzene rings is 14. The molecule has 0 spiro atoms. The van der Waals surface area contributed by atoms with E-state index in [1.54, 1.807) is 36.4 Å². The van der Waals surface area contributed by atoms with Crippen LogP contribution in [0.4, 0.5) is 28.4 Å². The molecular formula is C73H53IN4O4. The van der Waals surface area contributed by atoms with Gasteiger partial charge in [0, 0.05) is 23.5 Å². The van der Waals surface area contributed by atoms with Crippen LogP contribution < -0.4 is 11.1 Å². The maximum absolute atomic E-state index is 11.5. The van der Waals surface area contributed by atoms with Gasteiger partial charge in [0.15, 0.2) is 0 Å². The van der Waals surface area contributed by atoms with E-state index in [1.165, 1.54) is 116 Å². The molecule has 0 atom stereocenters. The highest BCUT2D eigenvalue weighted by Crippen LogP contribution is 2.47. The number of nitrogens with zero attached hydrogens (tertiary/aromatic N) is 2. The minimum atomic E-state index is -0.387. The van der Waals surface area contributed by atoms with Crippen LogP contribution in [0.2, 0.25) is 0 Å². The first kappa shape index (κ1) is 53.8. The third kappa shape index (κ3) is 10.4. The molecule has 0 radical (unpaired) electrons. The van der Waals surface area contributed by atoms with E-state index >= 15 is 0 Å². The minimum Gasteiger partial charge on any atom is -0.399 e. The van der Waals surface area contributed by atoms with Crippen molar-refractivity contribution in [1.82, 2.24) is 0 Å². The van der Waals surface area contributed by atoms with Crippen LogP contribution in [-0.4, -0.2) is 9.85 Å². The van der Waals surface area contributed by atoms with Crippen LogP contribution in [0.25, 0.3) is 109 Å². The number of para-hydroxylation sites is 3. The lowest BCUT2D eigenvalue weighted by Gasteiger charge is -2.19. The van der Waals surface area contributed by atoms with Crippen molar-refractivity contribution in [3.05, 3.63) is 303 Å². The van der Waals surface area contributed by atoms with E-state index in [-0.39, 0.29) is 28.6 Å². The molecule has 0 unspecified atom stereocenters. The summed E-state index contributed by atoms with van der Waals surface area (Å²) >= 11 is 1.93. The Morgan fingerprint density at radius 1 is 0.329 bits per heavy atom. The SMILES string of the molecule is C.Nc1ccc(-c2c3ccccc3c(-c3cccc4ccccc34)c3ccccc23)cc1.O=[N+]([O-])c1ccccc1I.O=[N+]([O-])c1ccccc1Nc1ccc(-c2c3ccccc3c(-c3cccc4ccccc34)c3ccccc23)cc1. The topological polar surface area (TPSA) is 124 Å². The molecule has 0 amide bonds. The van der Waals surface area contributed by atoms with Crippen molar-refractivity contribution in [2.45, 2.75) is 7.43 Å². The van der Waals surface area contributed by atoms with Crippen LogP contribution in [0.5, 0.6) is 0 Å². The van der Waals surface area contributed by atoms with Gasteiger partial charge in [-0.25, -0.2) is 0 Å². The standard InChI is InChI=1S/C36H24N2O2.C30H21N.C6H4INO2.CH4/c39-38(40)34-19-8-7-18-33(34)37-26-22-20-25(21-23-26)35-29-13-3-5-15-31(29)36(32-16-6-4-14-30(32)35)28-17-9-11-24-10-1-2-12-27(24)28;31-22-18-16-21(17-19-22)29-25-11-3-5-13-27(25)30(28-14-6-4-12-26(28)29)24-15-7-9-20-8-1-2-10-23(20)24;7-5-3-1-2-4-6(5)8(9)10;/h1-23,37H;1-19H,31H2;1-4H;1H4. The monoisotopic (exact) mass is 1180 g/mol. The van der Waals surface area contributed by atoms with Gasteiger partial charge in [-0.05, 0) is 168 Å². The second-order valence-corrected chi connectivity index (χ2v) is 20.7. The molecule has 8 nitrogen and oxygen atoms in total. The van der Waals surface area contributed by atoms with Crippen LogP contribution in [0.15, 0.2) is 279 Å². The molecule has 82 heavy (non-hydrogen) atoms. The average molecular weight is 1180 g/mol. The number of nitro benzene ring substituents is 2. The highest BCUT2D eigenvalue weighted by atomic mass is 127. The second kappa shape index (κ2) is 23.6. The lowest BCUT2D eigenvalue weighted by atomic mass is 9.85. The van der Waals surface area contributed by atoms with E-state index in [2.05, 4.69) is 212 Å². The molecule has 9 heteroatoms. The van der Waals surface area contributed by atoms with Crippen LogP contribution in [0.3, 0.4) is 0 Å². The summed E-state index contributed by atoms with van der Waals surface area (Å²) in [7, 11) is 0. The highest BCUT2D eigenvalue weighted by Gasteiger charge is 2.20.